The van der Waals surface area contributed by atoms with Crippen molar-refractivity contribution in [3.63, 3.8) is 0 Å². The van der Waals surface area contributed by atoms with Crippen molar-refractivity contribution in [2.45, 2.75) is 63.1 Å². The van der Waals surface area contributed by atoms with Gasteiger partial charge >= 0.3 is 35.7 Å². The van der Waals surface area contributed by atoms with Crippen molar-refractivity contribution in [1.82, 2.24) is 29.9 Å². The van der Waals surface area contributed by atoms with Crippen molar-refractivity contribution < 1.29 is 62.1 Å². The number of aromatic nitrogens is 6. The zero-order valence-electron chi connectivity index (χ0n) is 28.4. The molecule has 3 fully saturated rings. The van der Waals surface area contributed by atoms with Crippen molar-refractivity contribution in [2.24, 2.45) is 5.41 Å². The van der Waals surface area contributed by atoms with E-state index < -0.39 is 24.4 Å². The van der Waals surface area contributed by atoms with E-state index in [0.717, 1.165) is 43.9 Å². The summed E-state index contributed by atoms with van der Waals surface area (Å²) in [5, 5.41) is 10.7. The van der Waals surface area contributed by atoms with Crippen molar-refractivity contribution in [1.29, 1.82) is 0 Å². The number of carbonyl (C=O) groups is 1. The van der Waals surface area contributed by atoms with E-state index in [-0.39, 0.29) is 47.0 Å². The van der Waals surface area contributed by atoms with Crippen LogP contribution in [0.15, 0.2) is 30.6 Å². The summed E-state index contributed by atoms with van der Waals surface area (Å²) in [5.74, 6) is -0.106. The minimum atomic E-state index is -4.59. The Hall–Kier alpha value is -3.37. The van der Waals surface area contributed by atoms with E-state index in [1.807, 2.05) is 13.1 Å². The van der Waals surface area contributed by atoms with E-state index >= 15 is 0 Å². The number of H-pyrrole nitrogens is 1. The molecule has 5 heterocycles. The van der Waals surface area contributed by atoms with Gasteiger partial charge < -0.3 is 34.2 Å². The molecule has 2 aliphatic carbocycles. The number of ether oxygens (including phenoxy) is 2. The standard InChI is InChI=1S/C34H39F3N8O4.Na/c1-44(18-33(19-48-2)8-3-9-33)26-14-24(21-12-23(20-4-5-20)40-27(13-21)34(35,36)37)41-32-30(26)42-31(43-32)25-15-39-28(16-38-25)45-10-6-22(7-11-45)49-17-29(46)47;/h12-16,20,22H,3-11,17-19H2,1-2H3,(H,46,47)(H,41,42,43);/q;+1/p-1. The Balaban J connectivity index is 0.00000432. The molecule has 50 heavy (non-hydrogen) atoms. The summed E-state index contributed by atoms with van der Waals surface area (Å²) in [6.45, 7) is 2.16. The van der Waals surface area contributed by atoms with Gasteiger partial charge in [-0.05, 0) is 56.7 Å². The molecule has 0 radical (unpaired) electrons. The maximum absolute atomic E-state index is 14.0. The summed E-state index contributed by atoms with van der Waals surface area (Å²) in [7, 11) is 3.67. The largest absolute Gasteiger partial charge is 1.00 e. The van der Waals surface area contributed by atoms with Crippen LogP contribution in [-0.2, 0) is 20.4 Å². The zero-order valence-corrected chi connectivity index (χ0v) is 30.4. The number of hydrogen-bond donors (Lipinski definition) is 1. The van der Waals surface area contributed by atoms with Gasteiger partial charge in [-0.15, -0.1) is 0 Å². The van der Waals surface area contributed by atoms with Crippen molar-refractivity contribution >= 4 is 28.6 Å². The summed E-state index contributed by atoms with van der Waals surface area (Å²) in [6.07, 6.45) is 4.65. The summed E-state index contributed by atoms with van der Waals surface area (Å²) >= 11 is 0. The fourth-order valence-corrected chi connectivity index (χ4v) is 6.94. The number of nitrogens with one attached hydrogen (secondary N) is 1. The number of halogens is 3. The molecule has 260 valence electrons. The molecule has 0 bridgehead atoms. The summed E-state index contributed by atoms with van der Waals surface area (Å²) in [4.78, 5) is 41.0. The molecule has 1 saturated heterocycles. The third-order valence-corrected chi connectivity index (χ3v) is 9.80. The molecule has 12 nitrogen and oxygen atoms in total. The number of nitrogens with zero attached hydrogens (tertiary/aromatic N) is 7. The van der Waals surface area contributed by atoms with E-state index in [0.29, 0.717) is 84.5 Å². The van der Waals surface area contributed by atoms with E-state index in [2.05, 4.69) is 29.7 Å². The van der Waals surface area contributed by atoms with Crippen LogP contribution in [0.5, 0.6) is 0 Å². The molecule has 2 saturated carbocycles. The van der Waals surface area contributed by atoms with Crippen molar-refractivity contribution in [3.05, 3.63) is 42.0 Å². The molecular formula is C34H38F3N8NaO4. The van der Waals surface area contributed by atoms with Gasteiger partial charge in [-0.3, -0.25) is 0 Å². The first-order valence-electron chi connectivity index (χ1n) is 16.6. The molecule has 4 aromatic rings. The van der Waals surface area contributed by atoms with Crippen molar-refractivity contribution in [2.75, 3.05) is 56.8 Å². The second kappa shape index (κ2) is 14.7. The zero-order chi connectivity index (χ0) is 34.3. The number of alkyl halides is 3. The van der Waals surface area contributed by atoms with Gasteiger partial charge in [0.25, 0.3) is 0 Å². The van der Waals surface area contributed by atoms with E-state index in [1.54, 1.807) is 25.6 Å². The molecule has 3 aliphatic rings. The molecular weight excluding hydrogens is 664 g/mol. The number of methoxy groups -OCH3 is 1. The second-order valence-corrected chi connectivity index (χ2v) is 13.5. The normalized spacial score (nSPS) is 17.7. The van der Waals surface area contributed by atoms with Crippen LogP contribution in [0.25, 0.3) is 33.9 Å². The fraction of sp³-hybridized carbons (Fsp3) is 0.529. The second-order valence-electron chi connectivity index (χ2n) is 13.5. The van der Waals surface area contributed by atoms with Crippen LogP contribution in [-0.4, -0.2) is 89.0 Å². The van der Waals surface area contributed by atoms with Crippen LogP contribution in [0, 0.1) is 5.41 Å². The third-order valence-electron chi connectivity index (χ3n) is 9.80. The number of anilines is 2. The maximum Gasteiger partial charge on any atom is 1.00 e. The number of pyridine rings is 2. The first-order chi connectivity index (χ1) is 23.5. The maximum atomic E-state index is 14.0. The number of rotatable bonds is 12. The smallest absolute Gasteiger partial charge is 0.548 e. The van der Waals surface area contributed by atoms with Crippen LogP contribution in [0.2, 0.25) is 0 Å². The fourth-order valence-electron chi connectivity index (χ4n) is 6.94. The van der Waals surface area contributed by atoms with E-state index in [9.17, 15) is 23.1 Å². The molecule has 4 aromatic heterocycles. The number of aliphatic carboxylic acids is 1. The molecule has 0 unspecified atom stereocenters. The molecule has 0 atom stereocenters. The van der Waals surface area contributed by atoms with Gasteiger partial charge in [0, 0.05) is 56.4 Å². The average molecular weight is 703 g/mol. The topological polar surface area (TPSA) is 145 Å². The van der Waals surface area contributed by atoms with Gasteiger partial charge in [-0.1, -0.05) is 6.42 Å². The minimum Gasteiger partial charge on any atom is -0.548 e. The first kappa shape index (κ1) is 36.4. The summed E-state index contributed by atoms with van der Waals surface area (Å²) in [5.41, 5.74) is 2.45. The van der Waals surface area contributed by atoms with Crippen LogP contribution in [0.4, 0.5) is 24.7 Å². The summed E-state index contributed by atoms with van der Waals surface area (Å²) in [6, 6.07) is 4.61. The quantitative estimate of drug-likeness (QED) is 0.214. The number of piperidine rings is 1. The number of carboxylic acids is 1. The van der Waals surface area contributed by atoms with Crippen LogP contribution < -0.4 is 44.5 Å². The number of carboxylic acid groups (broad SMARTS) is 1. The van der Waals surface area contributed by atoms with E-state index in [1.165, 1.54) is 0 Å². The Labute approximate surface area is 309 Å². The van der Waals surface area contributed by atoms with Gasteiger partial charge in [0.15, 0.2) is 11.5 Å². The van der Waals surface area contributed by atoms with Crippen LogP contribution in [0.1, 0.15) is 62.3 Å². The number of imidazole rings is 1. The number of carbonyl (C=O) groups excluding carboxylic acids is 1. The molecule has 0 amide bonds. The van der Waals surface area contributed by atoms with Gasteiger partial charge in [-0.25, -0.2) is 24.9 Å². The number of fused-ring (bicyclic) bond motifs is 1. The third kappa shape index (κ3) is 7.91. The first-order valence-corrected chi connectivity index (χ1v) is 16.6. The van der Waals surface area contributed by atoms with Gasteiger partial charge in [0.2, 0.25) is 0 Å². The van der Waals surface area contributed by atoms with Crippen LogP contribution in [0.3, 0.4) is 0 Å². The molecule has 16 heteroatoms. The molecule has 1 aliphatic heterocycles. The Morgan fingerprint density at radius 1 is 1.06 bits per heavy atom. The Kier molecular flexibility index (Phi) is 10.7. The number of hydrogen-bond acceptors (Lipinski definition) is 11. The predicted octanol–water partition coefficient (Wildman–Crippen LogP) is 1.37. The Morgan fingerprint density at radius 2 is 1.82 bits per heavy atom. The Bertz CT molecular complexity index is 1820. The summed E-state index contributed by atoms with van der Waals surface area (Å²) < 4.78 is 52.8. The van der Waals surface area contributed by atoms with Gasteiger partial charge in [-0.2, -0.15) is 13.2 Å². The van der Waals surface area contributed by atoms with Gasteiger partial charge in [0.1, 0.15) is 22.7 Å². The Morgan fingerprint density at radius 3 is 2.42 bits per heavy atom. The monoisotopic (exact) mass is 702 g/mol. The van der Waals surface area contributed by atoms with Crippen LogP contribution >= 0.6 is 0 Å². The minimum absolute atomic E-state index is 0. The average Bonchev–Trinajstić information content (AvgIpc) is 3.84. The van der Waals surface area contributed by atoms with E-state index in [4.69, 9.17) is 19.4 Å². The SMILES string of the molecule is COCC1(CN(C)c2cc(-c3cc(C4CC4)nc(C(F)(F)F)c3)nc3nc(-c4cnc(N5CCC(OCC(=O)[O-])CC5)cn4)[nH]c23)CCC1.[Na+]. The van der Waals surface area contributed by atoms with Crippen molar-refractivity contribution in [3.8, 4) is 22.8 Å². The number of aromatic amines is 1. The molecule has 0 spiro atoms. The molecule has 1 N–H and O–H groups in total. The van der Waals surface area contributed by atoms with Gasteiger partial charge in [0.05, 0.1) is 49.1 Å². The predicted molar refractivity (Wildman–Crippen MR) is 173 cm³/mol. The molecule has 0 aromatic carbocycles. The molecule has 7 rings (SSSR count).